The number of nitro benzene ring substituents is 1. The number of aryl methyl sites for hydroxylation is 3. The van der Waals surface area contributed by atoms with Crippen molar-refractivity contribution in [1.29, 1.82) is 0 Å². The molecule has 1 amide bonds. The van der Waals surface area contributed by atoms with E-state index in [1.807, 2.05) is 0 Å². The zero-order valence-electron chi connectivity index (χ0n) is 14.9. The van der Waals surface area contributed by atoms with Crippen molar-refractivity contribution in [3.8, 4) is 0 Å². The van der Waals surface area contributed by atoms with E-state index in [4.69, 9.17) is 0 Å². The summed E-state index contributed by atoms with van der Waals surface area (Å²) in [6.07, 6.45) is 2.98. The molecule has 1 aliphatic carbocycles. The van der Waals surface area contributed by atoms with Crippen molar-refractivity contribution in [2.75, 3.05) is 11.1 Å². The van der Waals surface area contributed by atoms with E-state index in [2.05, 4.69) is 15.3 Å². The van der Waals surface area contributed by atoms with Crippen molar-refractivity contribution in [3.63, 3.8) is 0 Å². The lowest BCUT2D eigenvalue weighted by Gasteiger charge is -2.08. The summed E-state index contributed by atoms with van der Waals surface area (Å²) in [5, 5.41) is 14.6. The van der Waals surface area contributed by atoms with Crippen molar-refractivity contribution in [1.82, 2.24) is 9.97 Å². The van der Waals surface area contributed by atoms with Crippen LogP contribution >= 0.6 is 23.1 Å². The SMILES string of the molecule is Cc1ccc([N+](=O)[O-])cc1NC(=O)CSc1nc2sc3c(c2c(=O)[nH]1)CCC3. The first-order valence-corrected chi connectivity index (χ1v) is 10.4. The number of nitrogens with one attached hydrogen (secondary N) is 2. The fourth-order valence-electron chi connectivity index (χ4n) is 3.23. The Hall–Kier alpha value is -2.72. The Morgan fingerprint density at radius 1 is 1.43 bits per heavy atom. The summed E-state index contributed by atoms with van der Waals surface area (Å²) in [5.74, 6) is -0.299. The highest BCUT2D eigenvalue weighted by Crippen LogP contribution is 2.35. The molecular weight excluding hydrogens is 400 g/mol. The third-order valence-electron chi connectivity index (χ3n) is 4.60. The molecule has 1 aromatic carbocycles. The van der Waals surface area contributed by atoms with Gasteiger partial charge in [-0.2, -0.15) is 0 Å². The number of fused-ring (bicyclic) bond motifs is 3. The summed E-state index contributed by atoms with van der Waals surface area (Å²) < 4.78 is 0. The van der Waals surface area contributed by atoms with Gasteiger partial charge < -0.3 is 10.3 Å². The molecule has 0 atom stereocenters. The van der Waals surface area contributed by atoms with Crippen LogP contribution in [0.2, 0.25) is 0 Å². The number of carbonyl (C=O) groups excluding carboxylic acids is 1. The molecule has 0 radical (unpaired) electrons. The van der Waals surface area contributed by atoms with Gasteiger partial charge in [-0.3, -0.25) is 19.7 Å². The Balaban J connectivity index is 1.47. The van der Waals surface area contributed by atoms with E-state index in [0.29, 0.717) is 21.1 Å². The van der Waals surface area contributed by atoms with Crippen LogP contribution in [0.1, 0.15) is 22.4 Å². The fourth-order valence-corrected chi connectivity index (χ4v) is 5.21. The molecule has 0 saturated heterocycles. The van der Waals surface area contributed by atoms with Crippen LogP contribution in [-0.2, 0) is 17.6 Å². The number of aromatic amines is 1. The number of nitro groups is 1. The lowest BCUT2D eigenvalue weighted by molar-refractivity contribution is -0.384. The second-order valence-electron chi connectivity index (χ2n) is 6.50. The number of hydrogen-bond acceptors (Lipinski definition) is 7. The van der Waals surface area contributed by atoms with Crippen molar-refractivity contribution < 1.29 is 9.72 Å². The van der Waals surface area contributed by atoms with Gasteiger partial charge >= 0.3 is 0 Å². The van der Waals surface area contributed by atoms with Gasteiger partial charge in [0.15, 0.2) is 5.16 Å². The second-order valence-corrected chi connectivity index (χ2v) is 8.55. The van der Waals surface area contributed by atoms with E-state index < -0.39 is 4.92 Å². The molecule has 3 aromatic rings. The molecule has 4 rings (SSSR count). The number of thiophene rings is 1. The highest BCUT2D eigenvalue weighted by atomic mass is 32.2. The molecule has 10 heteroatoms. The van der Waals surface area contributed by atoms with Crippen LogP contribution in [0.3, 0.4) is 0 Å². The van der Waals surface area contributed by atoms with Crippen molar-refractivity contribution >= 4 is 50.6 Å². The van der Waals surface area contributed by atoms with Gasteiger partial charge in [-0.25, -0.2) is 4.98 Å². The summed E-state index contributed by atoms with van der Waals surface area (Å²) in [4.78, 5) is 44.3. The number of carbonyl (C=O) groups is 1. The van der Waals surface area contributed by atoms with Gasteiger partial charge in [-0.1, -0.05) is 17.8 Å². The zero-order valence-corrected chi connectivity index (χ0v) is 16.5. The molecule has 0 fully saturated rings. The van der Waals surface area contributed by atoms with E-state index in [0.717, 1.165) is 42.2 Å². The average molecular weight is 416 g/mol. The summed E-state index contributed by atoms with van der Waals surface area (Å²) in [5.41, 5.74) is 1.98. The fraction of sp³-hybridized carbons (Fsp3) is 0.278. The van der Waals surface area contributed by atoms with E-state index >= 15 is 0 Å². The predicted octanol–water partition coefficient (Wildman–Crippen LogP) is 3.42. The Kier molecular flexibility index (Phi) is 4.90. The smallest absolute Gasteiger partial charge is 0.271 e. The lowest BCUT2D eigenvalue weighted by atomic mass is 10.2. The van der Waals surface area contributed by atoms with Crippen LogP contribution in [0, 0.1) is 17.0 Å². The third kappa shape index (κ3) is 3.52. The zero-order chi connectivity index (χ0) is 19.8. The van der Waals surface area contributed by atoms with Gasteiger partial charge in [0.2, 0.25) is 5.91 Å². The van der Waals surface area contributed by atoms with Crippen molar-refractivity contribution in [2.24, 2.45) is 0 Å². The standard InChI is InChI=1S/C18H16N4O4S2/c1-9-5-6-10(22(25)26)7-12(9)19-14(23)8-27-18-20-16(24)15-11-3-2-4-13(11)28-17(15)21-18/h5-7H,2-4,8H2,1H3,(H,19,23)(H,20,21,24). The maximum atomic E-state index is 12.4. The Morgan fingerprint density at radius 2 is 2.25 bits per heavy atom. The van der Waals surface area contributed by atoms with Gasteiger partial charge in [-0.15, -0.1) is 11.3 Å². The highest BCUT2D eigenvalue weighted by Gasteiger charge is 2.21. The minimum absolute atomic E-state index is 0.0294. The normalized spacial score (nSPS) is 12.9. The summed E-state index contributed by atoms with van der Waals surface area (Å²) in [6, 6.07) is 4.31. The van der Waals surface area contributed by atoms with E-state index in [9.17, 15) is 19.7 Å². The molecule has 0 saturated carbocycles. The average Bonchev–Trinajstić information content (AvgIpc) is 3.22. The minimum atomic E-state index is -0.508. The molecule has 2 N–H and O–H groups in total. The largest absolute Gasteiger partial charge is 0.325 e. The molecular formula is C18H16N4O4S2. The van der Waals surface area contributed by atoms with Crippen LogP contribution in [0.25, 0.3) is 10.2 Å². The van der Waals surface area contributed by atoms with Gasteiger partial charge in [0.1, 0.15) is 4.83 Å². The highest BCUT2D eigenvalue weighted by molar-refractivity contribution is 7.99. The van der Waals surface area contributed by atoms with E-state index in [1.54, 1.807) is 24.3 Å². The number of anilines is 1. The Labute approximate surface area is 167 Å². The van der Waals surface area contributed by atoms with Gasteiger partial charge in [-0.05, 0) is 37.3 Å². The molecule has 0 aliphatic heterocycles. The number of rotatable bonds is 5. The summed E-state index contributed by atoms with van der Waals surface area (Å²) in [7, 11) is 0. The minimum Gasteiger partial charge on any atom is -0.325 e. The number of hydrogen-bond donors (Lipinski definition) is 2. The van der Waals surface area contributed by atoms with Gasteiger partial charge in [0, 0.05) is 17.0 Å². The molecule has 0 unspecified atom stereocenters. The number of aromatic nitrogens is 2. The van der Waals surface area contributed by atoms with Gasteiger partial charge in [0.25, 0.3) is 11.2 Å². The van der Waals surface area contributed by atoms with Crippen LogP contribution in [0.15, 0.2) is 28.2 Å². The maximum absolute atomic E-state index is 12.4. The van der Waals surface area contributed by atoms with Gasteiger partial charge in [0.05, 0.1) is 21.7 Å². The molecule has 8 nitrogen and oxygen atoms in total. The first kappa shape index (κ1) is 18.6. The van der Waals surface area contributed by atoms with E-state index in [1.165, 1.54) is 17.0 Å². The monoisotopic (exact) mass is 416 g/mol. The molecule has 28 heavy (non-hydrogen) atoms. The van der Waals surface area contributed by atoms with Crippen LogP contribution in [0.4, 0.5) is 11.4 Å². The van der Waals surface area contributed by atoms with Crippen molar-refractivity contribution in [3.05, 3.63) is 54.7 Å². The summed E-state index contributed by atoms with van der Waals surface area (Å²) >= 11 is 2.68. The number of amides is 1. The predicted molar refractivity (Wildman–Crippen MR) is 109 cm³/mol. The molecule has 1 aliphatic rings. The number of benzene rings is 1. The Morgan fingerprint density at radius 3 is 3.04 bits per heavy atom. The first-order valence-electron chi connectivity index (χ1n) is 8.64. The van der Waals surface area contributed by atoms with Crippen LogP contribution < -0.4 is 10.9 Å². The Bertz CT molecular complexity index is 1170. The molecule has 2 heterocycles. The van der Waals surface area contributed by atoms with Crippen LogP contribution in [-0.4, -0.2) is 26.6 Å². The molecule has 2 aromatic heterocycles. The van der Waals surface area contributed by atoms with Crippen LogP contribution in [0.5, 0.6) is 0 Å². The number of nitrogens with zero attached hydrogens (tertiary/aromatic N) is 2. The molecule has 0 bridgehead atoms. The quantitative estimate of drug-likeness (QED) is 0.285. The lowest BCUT2D eigenvalue weighted by Crippen LogP contribution is -2.16. The second kappa shape index (κ2) is 7.36. The number of H-pyrrole nitrogens is 1. The third-order valence-corrected chi connectivity index (χ3v) is 6.66. The van der Waals surface area contributed by atoms with Crippen molar-refractivity contribution in [2.45, 2.75) is 31.3 Å². The number of thioether (sulfide) groups is 1. The molecule has 0 spiro atoms. The topological polar surface area (TPSA) is 118 Å². The number of non-ortho nitro benzene ring substituents is 1. The maximum Gasteiger partial charge on any atom is 0.271 e. The molecule has 144 valence electrons. The summed E-state index contributed by atoms with van der Waals surface area (Å²) in [6.45, 7) is 1.76. The first-order chi connectivity index (χ1) is 13.4. The van der Waals surface area contributed by atoms with E-state index in [-0.39, 0.29) is 22.9 Å².